The van der Waals surface area contributed by atoms with Gasteiger partial charge in [-0.1, -0.05) is 11.6 Å². The quantitative estimate of drug-likeness (QED) is 0.311. The van der Waals surface area contributed by atoms with Crippen molar-refractivity contribution in [3.63, 3.8) is 0 Å². The fourth-order valence-corrected chi connectivity index (χ4v) is 5.80. The van der Waals surface area contributed by atoms with Crippen LogP contribution in [0.1, 0.15) is 80.1 Å². The Hall–Kier alpha value is -3.36. The van der Waals surface area contributed by atoms with Crippen LogP contribution in [-0.4, -0.2) is 54.6 Å². The van der Waals surface area contributed by atoms with Crippen molar-refractivity contribution < 1.29 is 18.3 Å². The number of ether oxygens (including phenoxy) is 1. The van der Waals surface area contributed by atoms with Crippen LogP contribution in [0.2, 0.25) is 0 Å². The van der Waals surface area contributed by atoms with E-state index in [4.69, 9.17) is 4.74 Å². The number of aryl methyl sites for hydroxylation is 1. The van der Waals surface area contributed by atoms with Crippen LogP contribution in [0.5, 0.6) is 0 Å². The molecule has 2 unspecified atom stereocenters. The molecule has 1 fully saturated rings. The molecule has 0 amide bonds. The van der Waals surface area contributed by atoms with E-state index in [0.717, 1.165) is 48.7 Å². The number of pyridine rings is 1. The summed E-state index contributed by atoms with van der Waals surface area (Å²) in [6.07, 6.45) is 10.4. The van der Waals surface area contributed by atoms with Crippen LogP contribution in [-0.2, 0) is 4.74 Å². The Morgan fingerprint density at radius 3 is 2.51 bits per heavy atom. The number of carbonyl (C=O) groups is 1. The summed E-state index contributed by atoms with van der Waals surface area (Å²) >= 11 is 0. The minimum atomic E-state index is -0.622. The maximum atomic E-state index is 14.8. The van der Waals surface area contributed by atoms with Crippen molar-refractivity contribution in [1.82, 2.24) is 15.2 Å². The van der Waals surface area contributed by atoms with Crippen LogP contribution < -0.4 is 10.6 Å². The van der Waals surface area contributed by atoms with E-state index in [1.807, 2.05) is 19.2 Å². The number of carbonyl (C=O) groups excluding carboxylic acids is 1. The maximum absolute atomic E-state index is 14.8. The molecule has 2 atom stereocenters. The number of anilines is 1. The normalized spacial score (nSPS) is 18.6. The van der Waals surface area contributed by atoms with Crippen LogP contribution >= 0.6 is 0 Å². The zero-order valence-electron chi connectivity index (χ0n) is 25.0. The van der Waals surface area contributed by atoms with Crippen LogP contribution in [0.25, 0.3) is 6.08 Å². The molecular formula is C33H42F2N4O2. The smallest absolute Gasteiger partial charge is 0.160 e. The number of halogens is 2. The molecule has 0 spiro atoms. The Morgan fingerprint density at radius 2 is 1.88 bits per heavy atom. The van der Waals surface area contributed by atoms with Crippen LogP contribution in [0.3, 0.4) is 0 Å². The summed E-state index contributed by atoms with van der Waals surface area (Å²) in [5, 5.41) is 6.87. The van der Waals surface area contributed by atoms with Gasteiger partial charge >= 0.3 is 0 Å². The van der Waals surface area contributed by atoms with Gasteiger partial charge in [-0.05, 0) is 103 Å². The molecule has 1 aromatic heterocycles. The largest absolute Gasteiger partial charge is 0.385 e. The van der Waals surface area contributed by atoms with E-state index >= 15 is 0 Å². The number of nitrogens with zero attached hydrogens (tertiary/aromatic N) is 2. The van der Waals surface area contributed by atoms with Gasteiger partial charge in [0, 0.05) is 65.9 Å². The molecule has 220 valence electrons. The first-order valence-electron chi connectivity index (χ1n) is 14.4. The van der Waals surface area contributed by atoms with Crippen molar-refractivity contribution in [3.05, 3.63) is 87.5 Å². The standard InChI is InChI=1S/C33H42F2N4O2/c1-20(22(3)39-15-10-25(11-16-39)33-29(34)18-26(23(4)40)19-30(33)35)17-28-21(2)36-13-8-32(28)38-14-9-31-27(7-12-37-31)24(5)41-6/h8-9,13-14,17-19,22,24-25,37H,7,10-12,15-16H2,1-6H3,(H,36,38)/b14-9-,20-17+. The maximum Gasteiger partial charge on any atom is 0.160 e. The molecule has 2 aliphatic heterocycles. The second-order valence-electron chi connectivity index (χ2n) is 11.1. The van der Waals surface area contributed by atoms with Crippen molar-refractivity contribution in [2.45, 2.75) is 71.9 Å². The van der Waals surface area contributed by atoms with Crippen LogP contribution in [0, 0.1) is 18.6 Å². The van der Waals surface area contributed by atoms with Gasteiger partial charge in [0.05, 0.1) is 6.10 Å². The van der Waals surface area contributed by atoms with Gasteiger partial charge < -0.3 is 15.4 Å². The summed E-state index contributed by atoms with van der Waals surface area (Å²) < 4.78 is 35.0. The lowest BCUT2D eigenvalue weighted by Crippen LogP contribution is -2.40. The second kappa shape index (κ2) is 13.5. The number of allylic oxidation sites excluding steroid dienone is 1. The minimum Gasteiger partial charge on any atom is -0.385 e. The number of likely N-dealkylation sites (tertiary alicyclic amines) is 1. The lowest BCUT2D eigenvalue weighted by atomic mass is 9.87. The van der Waals surface area contributed by atoms with E-state index < -0.39 is 11.6 Å². The molecule has 0 radical (unpaired) electrons. The van der Waals surface area contributed by atoms with Crippen molar-refractivity contribution in [1.29, 1.82) is 0 Å². The lowest BCUT2D eigenvalue weighted by Gasteiger charge is -2.37. The molecule has 0 aliphatic carbocycles. The Labute approximate surface area is 242 Å². The predicted molar refractivity (Wildman–Crippen MR) is 161 cm³/mol. The first kappa shape index (κ1) is 30.6. The summed E-state index contributed by atoms with van der Waals surface area (Å²) in [6, 6.07) is 4.46. The Bertz CT molecular complexity index is 1340. The minimum absolute atomic E-state index is 0.0725. The fourth-order valence-electron chi connectivity index (χ4n) is 5.80. The number of Topliss-reactive ketones (excluding diaryl/α,β-unsaturated/α-hetero) is 1. The molecule has 0 saturated carbocycles. The Kier molecular flexibility index (Phi) is 10.1. The molecule has 2 aliphatic rings. The molecule has 8 heteroatoms. The number of hydrogen-bond acceptors (Lipinski definition) is 6. The van der Waals surface area contributed by atoms with Gasteiger partial charge in [0.25, 0.3) is 0 Å². The highest BCUT2D eigenvalue weighted by molar-refractivity contribution is 5.94. The van der Waals surface area contributed by atoms with Crippen LogP contribution in [0.4, 0.5) is 14.5 Å². The summed E-state index contributed by atoms with van der Waals surface area (Å²) in [6.45, 7) is 12.0. The van der Waals surface area contributed by atoms with E-state index in [-0.39, 0.29) is 35.0 Å². The zero-order chi connectivity index (χ0) is 29.7. The molecule has 41 heavy (non-hydrogen) atoms. The van der Waals surface area contributed by atoms with Gasteiger partial charge in [0.1, 0.15) is 11.6 Å². The number of nitrogens with one attached hydrogen (secondary N) is 2. The van der Waals surface area contributed by atoms with Crippen molar-refractivity contribution in [2.24, 2.45) is 0 Å². The van der Waals surface area contributed by atoms with Crippen LogP contribution in [0.15, 0.2) is 53.5 Å². The average Bonchev–Trinajstić information content (AvgIpc) is 3.42. The number of methoxy groups -OCH3 is 1. The summed E-state index contributed by atoms with van der Waals surface area (Å²) in [7, 11) is 1.73. The molecule has 6 nitrogen and oxygen atoms in total. The Balaban J connectivity index is 1.44. The van der Waals surface area contributed by atoms with E-state index in [0.29, 0.717) is 12.8 Å². The third kappa shape index (κ3) is 7.11. The number of benzene rings is 1. The topological polar surface area (TPSA) is 66.5 Å². The van der Waals surface area contributed by atoms with Crippen molar-refractivity contribution >= 4 is 17.5 Å². The number of piperidine rings is 1. The highest BCUT2D eigenvalue weighted by Crippen LogP contribution is 2.34. The number of rotatable bonds is 10. The number of hydrogen-bond donors (Lipinski definition) is 2. The summed E-state index contributed by atoms with van der Waals surface area (Å²) in [5.41, 5.74) is 6.66. The molecule has 1 aromatic carbocycles. The summed E-state index contributed by atoms with van der Waals surface area (Å²) in [4.78, 5) is 18.5. The SMILES string of the molecule is COC(C)C1=C(/C=C\Nc2ccnc(C)c2/C=C(\C)C(C)N2CCC(c3c(F)cc(C(C)=O)cc3F)CC2)NCC1. The molecule has 2 aromatic rings. The van der Waals surface area contributed by atoms with E-state index in [9.17, 15) is 13.6 Å². The number of ketones is 1. The number of aromatic nitrogens is 1. The van der Waals surface area contributed by atoms with Gasteiger partial charge in [-0.2, -0.15) is 0 Å². The zero-order valence-corrected chi connectivity index (χ0v) is 25.0. The molecule has 2 N–H and O–H groups in total. The third-order valence-corrected chi connectivity index (χ3v) is 8.58. The predicted octanol–water partition coefficient (Wildman–Crippen LogP) is 6.75. The van der Waals surface area contributed by atoms with Gasteiger partial charge in [0.15, 0.2) is 5.78 Å². The highest BCUT2D eigenvalue weighted by atomic mass is 19.1. The van der Waals surface area contributed by atoms with Crippen molar-refractivity contribution in [2.75, 3.05) is 32.1 Å². The summed E-state index contributed by atoms with van der Waals surface area (Å²) in [5.74, 6) is -1.79. The van der Waals surface area contributed by atoms with E-state index in [1.165, 1.54) is 30.2 Å². The van der Waals surface area contributed by atoms with Gasteiger partial charge in [-0.25, -0.2) is 8.78 Å². The molecule has 4 rings (SSSR count). The molecule has 3 heterocycles. The monoisotopic (exact) mass is 564 g/mol. The van der Waals surface area contributed by atoms with E-state index in [1.54, 1.807) is 13.3 Å². The first-order valence-corrected chi connectivity index (χ1v) is 14.4. The second-order valence-corrected chi connectivity index (χ2v) is 11.1. The molecule has 1 saturated heterocycles. The molecule has 0 bridgehead atoms. The highest BCUT2D eigenvalue weighted by Gasteiger charge is 2.29. The van der Waals surface area contributed by atoms with Crippen molar-refractivity contribution in [3.8, 4) is 0 Å². The molecular weight excluding hydrogens is 522 g/mol. The lowest BCUT2D eigenvalue weighted by molar-refractivity contribution is 0.101. The Morgan fingerprint density at radius 1 is 1.20 bits per heavy atom. The van der Waals surface area contributed by atoms with Gasteiger partial charge in [-0.15, -0.1) is 0 Å². The average molecular weight is 565 g/mol. The first-order chi connectivity index (χ1) is 19.6. The van der Waals surface area contributed by atoms with Gasteiger partial charge in [0.2, 0.25) is 0 Å². The third-order valence-electron chi connectivity index (χ3n) is 8.58. The van der Waals surface area contributed by atoms with E-state index in [2.05, 4.69) is 53.4 Å². The fraction of sp³-hybridized carbons (Fsp3) is 0.455. The van der Waals surface area contributed by atoms with Gasteiger partial charge in [-0.3, -0.25) is 14.7 Å².